The molecular formula is C15H21N3O3. The van der Waals surface area contributed by atoms with Gasteiger partial charge in [-0.05, 0) is 30.9 Å². The molecular weight excluding hydrogens is 270 g/mol. The zero-order chi connectivity index (χ0) is 15.2. The second kappa shape index (κ2) is 7.08. The minimum atomic E-state index is -0.0355. The highest BCUT2D eigenvalue weighted by atomic mass is 16.5. The van der Waals surface area contributed by atoms with E-state index in [2.05, 4.69) is 5.16 Å². The molecule has 0 radical (unpaired) electrons. The minimum absolute atomic E-state index is 0.0294. The Balaban J connectivity index is 1.98. The summed E-state index contributed by atoms with van der Waals surface area (Å²) in [7, 11) is 1.80. The van der Waals surface area contributed by atoms with Gasteiger partial charge in [0.05, 0.1) is 6.61 Å². The van der Waals surface area contributed by atoms with Crippen LogP contribution in [0, 0.1) is 5.92 Å². The third kappa shape index (κ3) is 3.95. The first-order valence-corrected chi connectivity index (χ1v) is 7.03. The number of oxime groups is 1. The van der Waals surface area contributed by atoms with Gasteiger partial charge < -0.3 is 20.6 Å². The van der Waals surface area contributed by atoms with E-state index >= 15 is 0 Å². The Morgan fingerprint density at radius 1 is 1.43 bits per heavy atom. The summed E-state index contributed by atoms with van der Waals surface area (Å²) in [6, 6.07) is 6.70. The Bertz CT molecular complexity index is 507. The molecule has 1 aromatic carbocycles. The van der Waals surface area contributed by atoms with Crippen molar-refractivity contribution in [3.05, 3.63) is 35.4 Å². The molecule has 1 aliphatic rings. The van der Waals surface area contributed by atoms with Crippen LogP contribution in [0.25, 0.3) is 0 Å². The van der Waals surface area contributed by atoms with Gasteiger partial charge in [-0.1, -0.05) is 17.3 Å². The van der Waals surface area contributed by atoms with Crippen molar-refractivity contribution in [1.82, 2.24) is 4.90 Å². The Kier molecular flexibility index (Phi) is 5.16. The fraction of sp³-hybridized carbons (Fsp3) is 0.467. The van der Waals surface area contributed by atoms with Crippen molar-refractivity contribution < 1.29 is 14.7 Å². The molecule has 1 aliphatic heterocycles. The lowest BCUT2D eigenvalue weighted by Crippen LogP contribution is -2.35. The highest BCUT2D eigenvalue weighted by Gasteiger charge is 2.19. The van der Waals surface area contributed by atoms with Crippen molar-refractivity contribution in [3.8, 4) is 0 Å². The zero-order valence-electron chi connectivity index (χ0n) is 12.2. The summed E-state index contributed by atoms with van der Waals surface area (Å²) < 4.78 is 5.43. The van der Waals surface area contributed by atoms with Gasteiger partial charge in [0.1, 0.15) is 0 Å². The van der Waals surface area contributed by atoms with Crippen molar-refractivity contribution in [2.75, 3.05) is 26.8 Å². The van der Waals surface area contributed by atoms with Gasteiger partial charge in [0.15, 0.2) is 5.84 Å². The van der Waals surface area contributed by atoms with Crippen molar-refractivity contribution in [2.45, 2.75) is 12.8 Å². The van der Waals surface area contributed by atoms with Gasteiger partial charge in [0, 0.05) is 31.3 Å². The molecule has 6 heteroatoms. The van der Waals surface area contributed by atoms with Crippen LogP contribution in [-0.4, -0.2) is 48.7 Å². The largest absolute Gasteiger partial charge is 0.409 e. The molecule has 0 spiro atoms. The van der Waals surface area contributed by atoms with Crippen LogP contribution in [0.5, 0.6) is 0 Å². The van der Waals surface area contributed by atoms with Gasteiger partial charge >= 0.3 is 0 Å². The Hall–Kier alpha value is -2.08. The third-order valence-electron chi connectivity index (χ3n) is 3.67. The van der Waals surface area contributed by atoms with Crippen molar-refractivity contribution in [3.63, 3.8) is 0 Å². The lowest BCUT2D eigenvalue weighted by atomic mass is 10.0. The van der Waals surface area contributed by atoms with E-state index in [9.17, 15) is 4.79 Å². The van der Waals surface area contributed by atoms with Crippen LogP contribution in [0.2, 0.25) is 0 Å². The topological polar surface area (TPSA) is 88.2 Å². The number of hydrogen-bond donors (Lipinski definition) is 2. The molecule has 1 unspecified atom stereocenters. The molecule has 0 aromatic heterocycles. The van der Waals surface area contributed by atoms with E-state index in [0.717, 1.165) is 26.1 Å². The lowest BCUT2D eigenvalue weighted by Gasteiger charge is -2.27. The van der Waals surface area contributed by atoms with E-state index in [1.165, 1.54) is 0 Å². The van der Waals surface area contributed by atoms with Gasteiger partial charge in [-0.25, -0.2) is 0 Å². The summed E-state index contributed by atoms with van der Waals surface area (Å²) in [5.41, 5.74) is 6.66. The van der Waals surface area contributed by atoms with E-state index in [0.29, 0.717) is 23.6 Å². The summed E-state index contributed by atoms with van der Waals surface area (Å²) >= 11 is 0. The fourth-order valence-corrected chi connectivity index (χ4v) is 2.48. The lowest BCUT2D eigenvalue weighted by molar-refractivity contribution is 0.0388. The second-order valence-electron chi connectivity index (χ2n) is 5.33. The van der Waals surface area contributed by atoms with Crippen LogP contribution in [0.15, 0.2) is 29.4 Å². The van der Waals surface area contributed by atoms with Crippen LogP contribution in [0.1, 0.15) is 28.8 Å². The molecule has 3 N–H and O–H groups in total. The number of benzene rings is 1. The summed E-state index contributed by atoms with van der Waals surface area (Å²) in [6.07, 6.45) is 2.15. The fourth-order valence-electron chi connectivity index (χ4n) is 2.48. The summed E-state index contributed by atoms with van der Waals surface area (Å²) in [5, 5.41) is 11.5. The number of hydrogen-bond acceptors (Lipinski definition) is 4. The summed E-state index contributed by atoms with van der Waals surface area (Å²) in [4.78, 5) is 14.1. The van der Waals surface area contributed by atoms with Crippen molar-refractivity contribution in [2.24, 2.45) is 16.8 Å². The van der Waals surface area contributed by atoms with Gasteiger partial charge in [-0.15, -0.1) is 0 Å². The first kappa shape index (κ1) is 15.3. The number of amidine groups is 1. The van der Waals surface area contributed by atoms with E-state index in [1.54, 1.807) is 36.2 Å². The number of amides is 1. The summed E-state index contributed by atoms with van der Waals surface area (Å²) in [6.45, 7) is 2.24. The molecule has 2 rings (SSSR count). The van der Waals surface area contributed by atoms with Gasteiger partial charge in [-0.3, -0.25) is 4.79 Å². The van der Waals surface area contributed by atoms with Crippen LogP contribution in [0.4, 0.5) is 0 Å². The molecule has 1 saturated heterocycles. The zero-order valence-corrected chi connectivity index (χ0v) is 12.2. The predicted molar refractivity (Wildman–Crippen MR) is 79.5 cm³/mol. The second-order valence-corrected chi connectivity index (χ2v) is 5.33. The molecule has 1 aromatic rings. The number of carbonyl (C=O) groups excluding carboxylic acids is 1. The number of nitrogens with two attached hydrogens (primary N) is 1. The molecule has 0 bridgehead atoms. The molecule has 0 aliphatic carbocycles. The molecule has 21 heavy (non-hydrogen) atoms. The van der Waals surface area contributed by atoms with Gasteiger partial charge in [0.2, 0.25) is 0 Å². The first-order chi connectivity index (χ1) is 10.1. The molecule has 1 amide bonds. The first-order valence-electron chi connectivity index (χ1n) is 7.03. The average molecular weight is 291 g/mol. The maximum Gasteiger partial charge on any atom is 0.253 e. The Morgan fingerprint density at radius 3 is 2.67 bits per heavy atom. The van der Waals surface area contributed by atoms with E-state index in [1.807, 2.05) is 0 Å². The maximum absolute atomic E-state index is 12.3. The van der Waals surface area contributed by atoms with Crippen molar-refractivity contribution >= 4 is 11.7 Å². The van der Waals surface area contributed by atoms with Crippen LogP contribution < -0.4 is 5.73 Å². The SMILES string of the molecule is CN(CC1CCCOC1)C(=O)c1ccc(C(N)=NO)cc1. The molecule has 1 fully saturated rings. The third-order valence-corrected chi connectivity index (χ3v) is 3.67. The van der Waals surface area contributed by atoms with E-state index in [-0.39, 0.29) is 11.7 Å². The van der Waals surface area contributed by atoms with E-state index in [4.69, 9.17) is 15.7 Å². The standard InChI is InChI=1S/C15H21N3O3/c1-18(9-11-3-2-8-21-10-11)15(19)13-6-4-12(5-7-13)14(16)17-20/h4-7,11,20H,2-3,8-10H2,1H3,(H2,16,17). The monoisotopic (exact) mass is 291 g/mol. The summed E-state index contributed by atoms with van der Waals surface area (Å²) in [5.74, 6) is 0.400. The maximum atomic E-state index is 12.3. The molecule has 1 heterocycles. The number of carbonyl (C=O) groups is 1. The average Bonchev–Trinajstić information content (AvgIpc) is 2.54. The number of rotatable bonds is 4. The quantitative estimate of drug-likeness (QED) is 0.378. The van der Waals surface area contributed by atoms with Crippen LogP contribution >= 0.6 is 0 Å². The van der Waals surface area contributed by atoms with Gasteiger partial charge in [-0.2, -0.15) is 0 Å². The molecule has 114 valence electrons. The molecule has 0 saturated carbocycles. The Morgan fingerprint density at radius 2 is 2.10 bits per heavy atom. The number of ether oxygens (including phenoxy) is 1. The minimum Gasteiger partial charge on any atom is -0.409 e. The Labute approximate surface area is 124 Å². The predicted octanol–water partition coefficient (Wildman–Crippen LogP) is 1.28. The van der Waals surface area contributed by atoms with Crippen LogP contribution in [0.3, 0.4) is 0 Å². The van der Waals surface area contributed by atoms with Crippen LogP contribution in [-0.2, 0) is 4.74 Å². The highest BCUT2D eigenvalue weighted by Crippen LogP contribution is 2.16. The number of nitrogens with zero attached hydrogens (tertiary/aromatic N) is 2. The van der Waals surface area contributed by atoms with Crippen molar-refractivity contribution in [1.29, 1.82) is 0 Å². The van der Waals surface area contributed by atoms with Gasteiger partial charge in [0.25, 0.3) is 5.91 Å². The smallest absolute Gasteiger partial charge is 0.253 e. The highest BCUT2D eigenvalue weighted by molar-refractivity contribution is 5.99. The van der Waals surface area contributed by atoms with E-state index < -0.39 is 0 Å². The molecule has 6 nitrogen and oxygen atoms in total. The normalized spacial score (nSPS) is 19.3. The molecule has 1 atom stereocenters.